The van der Waals surface area contributed by atoms with Crippen molar-refractivity contribution >= 4 is 28.7 Å². The van der Waals surface area contributed by atoms with Crippen molar-refractivity contribution in [1.82, 2.24) is 14.0 Å². The Morgan fingerprint density at radius 2 is 1.70 bits per heavy atom. The molecule has 4 fully saturated rings. The predicted molar refractivity (Wildman–Crippen MR) is 114 cm³/mol. The fourth-order valence-electron chi connectivity index (χ4n) is 6.77. The highest BCUT2D eigenvalue weighted by atomic mass is 35.5. The lowest BCUT2D eigenvalue weighted by molar-refractivity contribution is -0.00696. The molecule has 4 aliphatic carbocycles. The minimum atomic E-state index is 0. The second kappa shape index (κ2) is 5.87. The molecule has 3 nitrogen and oxygen atoms in total. The van der Waals surface area contributed by atoms with Crippen LogP contribution in [0.5, 0.6) is 0 Å². The van der Waals surface area contributed by atoms with Crippen molar-refractivity contribution in [3.05, 3.63) is 34.7 Å². The summed E-state index contributed by atoms with van der Waals surface area (Å²) in [6, 6.07) is 2.32. The molecule has 3 heterocycles. The molecule has 0 spiro atoms. The number of aryl methyl sites for hydroxylation is 1. The van der Waals surface area contributed by atoms with Gasteiger partial charge in [0.25, 0.3) is 0 Å². The molecule has 0 radical (unpaired) electrons. The van der Waals surface area contributed by atoms with Gasteiger partial charge in [0.1, 0.15) is 0 Å². The molecule has 0 N–H and O–H groups in total. The Morgan fingerprint density at radius 3 is 2.26 bits per heavy atom. The SMILES string of the molecule is Cc1cc(-c2csc3nc(C45CC6CC(CC(C6)C4)C5)cn23)c(C)n1C.Cl. The average molecular weight is 402 g/mol. The van der Waals surface area contributed by atoms with Crippen molar-refractivity contribution in [3.63, 3.8) is 0 Å². The van der Waals surface area contributed by atoms with Gasteiger partial charge in [0.15, 0.2) is 4.96 Å². The van der Waals surface area contributed by atoms with E-state index in [2.05, 4.69) is 47.5 Å². The van der Waals surface area contributed by atoms with Gasteiger partial charge in [-0.3, -0.25) is 4.40 Å². The zero-order valence-corrected chi connectivity index (χ0v) is 18.0. The van der Waals surface area contributed by atoms with Gasteiger partial charge in [0, 0.05) is 41.0 Å². The van der Waals surface area contributed by atoms with Gasteiger partial charge in [0.2, 0.25) is 0 Å². The maximum absolute atomic E-state index is 5.18. The van der Waals surface area contributed by atoms with Gasteiger partial charge < -0.3 is 4.57 Å². The van der Waals surface area contributed by atoms with E-state index in [0.29, 0.717) is 5.41 Å². The molecule has 4 aliphatic rings. The van der Waals surface area contributed by atoms with Gasteiger partial charge >= 0.3 is 0 Å². The quantitative estimate of drug-likeness (QED) is 0.523. The van der Waals surface area contributed by atoms with Crippen molar-refractivity contribution in [2.45, 2.75) is 57.8 Å². The van der Waals surface area contributed by atoms with Crippen molar-refractivity contribution < 1.29 is 0 Å². The lowest BCUT2D eigenvalue weighted by atomic mass is 9.49. The fourth-order valence-corrected chi connectivity index (χ4v) is 7.65. The number of halogens is 1. The average Bonchev–Trinajstić information content (AvgIpc) is 3.24. The topological polar surface area (TPSA) is 22.2 Å². The van der Waals surface area contributed by atoms with Gasteiger partial charge in [0.05, 0.1) is 11.4 Å². The third kappa shape index (κ3) is 2.42. The first kappa shape index (κ1) is 17.8. The number of thiazole rings is 1. The van der Waals surface area contributed by atoms with Crippen LogP contribution in [-0.2, 0) is 12.5 Å². The van der Waals surface area contributed by atoms with Crippen molar-refractivity contribution in [2.24, 2.45) is 24.8 Å². The van der Waals surface area contributed by atoms with Crippen LogP contribution in [0.1, 0.15) is 55.6 Å². The molecule has 0 saturated heterocycles. The van der Waals surface area contributed by atoms with Crippen LogP contribution in [0.3, 0.4) is 0 Å². The molecule has 0 aromatic carbocycles. The van der Waals surface area contributed by atoms with Gasteiger partial charge in [-0.25, -0.2) is 4.98 Å². The summed E-state index contributed by atoms with van der Waals surface area (Å²) in [7, 11) is 2.16. The zero-order valence-electron chi connectivity index (χ0n) is 16.4. The molecular weight excluding hydrogens is 374 g/mol. The second-order valence-corrected chi connectivity index (χ2v) is 10.3. The third-order valence-electron chi connectivity index (χ3n) is 7.84. The monoisotopic (exact) mass is 401 g/mol. The van der Waals surface area contributed by atoms with E-state index < -0.39 is 0 Å². The number of hydrogen-bond donors (Lipinski definition) is 0. The Bertz CT molecular complexity index is 989. The van der Waals surface area contributed by atoms with Crippen LogP contribution in [0, 0.1) is 31.6 Å². The van der Waals surface area contributed by atoms with Gasteiger partial charge in [-0.15, -0.1) is 23.7 Å². The van der Waals surface area contributed by atoms with Crippen LogP contribution in [-0.4, -0.2) is 14.0 Å². The van der Waals surface area contributed by atoms with E-state index in [-0.39, 0.29) is 12.4 Å². The van der Waals surface area contributed by atoms with E-state index in [1.807, 2.05) is 0 Å². The summed E-state index contributed by atoms with van der Waals surface area (Å²) < 4.78 is 4.66. The van der Waals surface area contributed by atoms with Crippen molar-refractivity contribution in [2.75, 3.05) is 0 Å². The Kier molecular flexibility index (Phi) is 3.87. The molecule has 0 unspecified atom stereocenters. The summed E-state index contributed by atoms with van der Waals surface area (Å²) in [5.74, 6) is 2.92. The van der Waals surface area contributed by atoms with E-state index in [0.717, 1.165) is 17.8 Å². The Hall–Kier alpha value is -1.26. The molecule has 144 valence electrons. The largest absolute Gasteiger partial charge is 0.351 e. The first-order valence-corrected chi connectivity index (χ1v) is 11.0. The highest BCUT2D eigenvalue weighted by Gasteiger charge is 2.52. The summed E-state index contributed by atoms with van der Waals surface area (Å²) in [4.78, 5) is 6.36. The molecule has 0 amide bonds. The normalized spacial score (nSPS) is 31.6. The van der Waals surface area contributed by atoms with Crippen LogP contribution in [0.4, 0.5) is 0 Å². The first-order valence-electron chi connectivity index (χ1n) is 10.1. The Labute approximate surface area is 171 Å². The maximum Gasteiger partial charge on any atom is 0.194 e. The Balaban J connectivity index is 0.00000160. The molecule has 5 heteroatoms. The smallest absolute Gasteiger partial charge is 0.194 e. The predicted octanol–water partition coefficient (Wildman–Crippen LogP) is 5.91. The van der Waals surface area contributed by atoms with Gasteiger partial charge in [-0.1, -0.05) is 0 Å². The fraction of sp³-hybridized carbons (Fsp3) is 0.591. The maximum atomic E-state index is 5.18. The molecule has 3 aromatic rings. The molecule has 27 heavy (non-hydrogen) atoms. The summed E-state index contributed by atoms with van der Waals surface area (Å²) in [6.07, 6.45) is 11.1. The summed E-state index contributed by atoms with van der Waals surface area (Å²) in [5.41, 5.74) is 7.11. The number of imidazole rings is 1. The second-order valence-electron chi connectivity index (χ2n) is 9.44. The minimum Gasteiger partial charge on any atom is -0.351 e. The van der Waals surface area contributed by atoms with Crippen LogP contribution in [0.25, 0.3) is 16.2 Å². The van der Waals surface area contributed by atoms with E-state index in [1.165, 1.54) is 71.8 Å². The van der Waals surface area contributed by atoms with Gasteiger partial charge in [-0.05, 0) is 76.2 Å². The standard InChI is InChI=1S/C22H27N3S.ClH/c1-13-4-18(14(2)24(13)3)19-12-26-21-23-20(11-25(19)21)22-8-15-5-16(9-22)7-17(6-15)10-22;/h4,11-12,15-17H,5-10H2,1-3H3;1H. The van der Waals surface area contributed by atoms with Crippen LogP contribution < -0.4 is 0 Å². The molecule has 7 rings (SSSR count). The molecule has 0 aliphatic heterocycles. The van der Waals surface area contributed by atoms with E-state index in [9.17, 15) is 0 Å². The van der Waals surface area contributed by atoms with E-state index >= 15 is 0 Å². The number of fused-ring (bicyclic) bond motifs is 1. The summed E-state index contributed by atoms with van der Waals surface area (Å²) in [6.45, 7) is 4.41. The molecular formula is C22H28ClN3S. The third-order valence-corrected chi connectivity index (χ3v) is 8.68. The highest BCUT2D eigenvalue weighted by molar-refractivity contribution is 7.15. The zero-order chi connectivity index (χ0) is 17.6. The minimum absolute atomic E-state index is 0. The number of aromatic nitrogens is 3. The van der Waals surface area contributed by atoms with E-state index in [4.69, 9.17) is 4.98 Å². The van der Waals surface area contributed by atoms with Gasteiger partial charge in [-0.2, -0.15) is 0 Å². The van der Waals surface area contributed by atoms with E-state index in [1.54, 1.807) is 11.3 Å². The molecule has 0 atom stereocenters. The van der Waals surface area contributed by atoms with Crippen LogP contribution in [0.2, 0.25) is 0 Å². The molecule has 3 aromatic heterocycles. The first-order chi connectivity index (χ1) is 12.5. The van der Waals surface area contributed by atoms with Crippen molar-refractivity contribution in [3.8, 4) is 11.3 Å². The summed E-state index contributed by atoms with van der Waals surface area (Å²) >= 11 is 1.80. The lowest BCUT2D eigenvalue weighted by Crippen LogP contribution is -2.48. The number of nitrogens with zero attached hydrogens (tertiary/aromatic N) is 3. The van der Waals surface area contributed by atoms with Crippen LogP contribution >= 0.6 is 23.7 Å². The van der Waals surface area contributed by atoms with Crippen molar-refractivity contribution in [1.29, 1.82) is 0 Å². The number of rotatable bonds is 2. The molecule has 4 bridgehead atoms. The Morgan fingerprint density at radius 1 is 1.07 bits per heavy atom. The molecule has 4 saturated carbocycles. The highest BCUT2D eigenvalue weighted by Crippen LogP contribution is 2.60. The number of hydrogen-bond acceptors (Lipinski definition) is 2. The van der Waals surface area contributed by atoms with Crippen LogP contribution in [0.15, 0.2) is 17.6 Å². The lowest BCUT2D eigenvalue weighted by Gasteiger charge is -2.56. The summed E-state index contributed by atoms with van der Waals surface area (Å²) in [5, 5.41) is 2.29.